The van der Waals surface area contributed by atoms with E-state index in [1.165, 1.54) is 0 Å². The lowest BCUT2D eigenvalue weighted by molar-refractivity contribution is 0.221. The number of nitrogens with zero attached hydrogens (tertiary/aromatic N) is 2. The fraction of sp³-hybridized carbons (Fsp3) is 0.889. The molecule has 0 aromatic rings. The Morgan fingerprint density at radius 3 is 2.20 bits per heavy atom. The topological polar surface area (TPSA) is 51.1 Å². The first-order valence-electron chi connectivity index (χ1n) is 5.12. The maximum absolute atomic E-state index is 11.9. The molecule has 0 bridgehead atoms. The fourth-order valence-corrected chi connectivity index (χ4v) is 2.55. The van der Waals surface area contributed by atoms with E-state index in [9.17, 15) is 4.57 Å². The van der Waals surface area contributed by atoms with E-state index in [1.807, 2.05) is 14.1 Å². The average Bonchev–Trinajstić information content (AvgIpc) is 2.13. The highest BCUT2D eigenvalue weighted by Crippen LogP contribution is 2.48. The Bertz CT molecular complexity index is 221. The highest BCUT2D eigenvalue weighted by Gasteiger charge is 2.21. The van der Waals surface area contributed by atoms with Gasteiger partial charge in [-0.1, -0.05) is 0 Å². The molecule has 0 aliphatic rings. The van der Waals surface area contributed by atoms with E-state index in [0.29, 0.717) is 25.8 Å². The van der Waals surface area contributed by atoms with Gasteiger partial charge in [0.05, 0.1) is 19.4 Å². The number of hydrazone groups is 1. The summed E-state index contributed by atoms with van der Waals surface area (Å²) in [5.41, 5.74) is 0. The van der Waals surface area contributed by atoms with E-state index in [0.717, 1.165) is 0 Å². The van der Waals surface area contributed by atoms with Gasteiger partial charge in [-0.15, -0.1) is 0 Å². The normalized spacial score (nSPS) is 12.3. The Hall–Kier alpha value is -0.380. The largest absolute Gasteiger partial charge is 0.331 e. The summed E-state index contributed by atoms with van der Waals surface area (Å²) in [5.74, 6) is 0. The smallest absolute Gasteiger partial charge is 0.309 e. The molecule has 0 amide bonds. The Labute approximate surface area is 92.0 Å². The van der Waals surface area contributed by atoms with Crippen LogP contribution in [0.4, 0.5) is 0 Å². The van der Waals surface area contributed by atoms with Gasteiger partial charge in [-0.3, -0.25) is 4.57 Å². The molecule has 15 heavy (non-hydrogen) atoms. The van der Waals surface area contributed by atoms with Gasteiger partial charge >= 0.3 is 7.60 Å². The molecule has 0 fully saturated rings. The predicted molar refractivity (Wildman–Crippen MR) is 62.5 cm³/mol. The zero-order chi connectivity index (χ0) is 11.7. The molecule has 0 aromatic carbocycles. The molecule has 0 N–H and O–H groups in total. The van der Waals surface area contributed by atoms with E-state index in [-0.39, 0.29) is 0 Å². The molecule has 90 valence electrons. The third-order valence-electron chi connectivity index (χ3n) is 1.50. The molecule has 0 saturated heterocycles. The van der Waals surface area contributed by atoms with Crippen LogP contribution in [0.3, 0.4) is 0 Å². The molecule has 0 heterocycles. The number of rotatable bonds is 8. The minimum Gasteiger partial charge on any atom is -0.309 e. The molecule has 5 nitrogen and oxygen atoms in total. The summed E-state index contributed by atoms with van der Waals surface area (Å²) in [7, 11) is 0.780. The Balaban J connectivity index is 4.01. The quantitative estimate of drug-likeness (QED) is 0.368. The van der Waals surface area contributed by atoms with Gasteiger partial charge in [0.15, 0.2) is 0 Å². The van der Waals surface area contributed by atoms with Crippen LogP contribution in [-0.2, 0) is 13.6 Å². The van der Waals surface area contributed by atoms with Crippen molar-refractivity contribution in [3.05, 3.63) is 0 Å². The molecular formula is C9H21N2O3P. The first-order chi connectivity index (χ1) is 7.04. The highest BCUT2D eigenvalue weighted by molar-refractivity contribution is 7.53. The molecule has 0 aliphatic carbocycles. The molecule has 0 radical (unpaired) electrons. The second-order valence-corrected chi connectivity index (χ2v) is 5.29. The summed E-state index contributed by atoms with van der Waals surface area (Å²) in [4.78, 5) is 0. The average molecular weight is 236 g/mol. The maximum Gasteiger partial charge on any atom is 0.331 e. The predicted octanol–water partition coefficient (Wildman–Crippen LogP) is 2.19. The maximum atomic E-state index is 11.9. The van der Waals surface area contributed by atoms with Crippen LogP contribution in [0.5, 0.6) is 0 Å². The zero-order valence-corrected chi connectivity index (χ0v) is 10.9. The van der Waals surface area contributed by atoms with E-state index in [4.69, 9.17) is 9.05 Å². The molecule has 0 aromatic heterocycles. The van der Waals surface area contributed by atoms with Crippen molar-refractivity contribution < 1.29 is 13.6 Å². The van der Waals surface area contributed by atoms with Crippen molar-refractivity contribution in [2.45, 2.75) is 20.3 Å². The molecule has 0 saturated carbocycles. The van der Waals surface area contributed by atoms with Crippen molar-refractivity contribution in [3.8, 4) is 0 Å². The van der Waals surface area contributed by atoms with Gasteiger partial charge < -0.3 is 14.1 Å². The van der Waals surface area contributed by atoms with E-state index in [2.05, 4.69) is 5.10 Å². The summed E-state index contributed by atoms with van der Waals surface area (Å²) in [5, 5.41) is 5.71. The summed E-state index contributed by atoms with van der Waals surface area (Å²) in [6.45, 7) is 4.42. The van der Waals surface area contributed by atoms with Crippen molar-refractivity contribution in [1.82, 2.24) is 5.01 Å². The van der Waals surface area contributed by atoms with Crippen molar-refractivity contribution >= 4 is 13.8 Å². The zero-order valence-electron chi connectivity index (χ0n) is 9.97. The SMILES string of the molecule is CCOP(=O)(CCC=NN(C)C)OCC. The van der Waals surface area contributed by atoms with Gasteiger partial charge in [0.25, 0.3) is 0 Å². The third-order valence-corrected chi connectivity index (χ3v) is 3.61. The van der Waals surface area contributed by atoms with Gasteiger partial charge in [-0.25, -0.2) is 0 Å². The minimum absolute atomic E-state index is 0.381. The van der Waals surface area contributed by atoms with Crippen molar-refractivity contribution in [2.24, 2.45) is 5.10 Å². The van der Waals surface area contributed by atoms with Crippen LogP contribution in [0.25, 0.3) is 0 Å². The standard InChI is InChI=1S/C9H21N2O3P/c1-5-13-15(12,14-6-2)9-7-8-10-11(3)4/h8H,5-7,9H2,1-4H3. The molecule has 0 aliphatic heterocycles. The van der Waals surface area contributed by atoms with Crippen LogP contribution in [-0.4, -0.2) is 44.7 Å². The highest BCUT2D eigenvalue weighted by atomic mass is 31.2. The summed E-state index contributed by atoms with van der Waals surface area (Å²) in [6, 6.07) is 0. The summed E-state index contributed by atoms with van der Waals surface area (Å²) in [6.07, 6.45) is 2.69. The van der Waals surface area contributed by atoms with Gasteiger partial charge in [0.1, 0.15) is 0 Å². The second kappa shape index (κ2) is 7.85. The van der Waals surface area contributed by atoms with E-state index >= 15 is 0 Å². The summed E-state index contributed by atoms with van der Waals surface area (Å²) < 4.78 is 22.2. The number of hydrogen-bond acceptors (Lipinski definition) is 5. The van der Waals surface area contributed by atoms with Gasteiger partial charge in [0, 0.05) is 20.3 Å². The van der Waals surface area contributed by atoms with Crippen LogP contribution >= 0.6 is 7.60 Å². The molecular weight excluding hydrogens is 215 g/mol. The molecule has 0 atom stereocenters. The van der Waals surface area contributed by atoms with Gasteiger partial charge in [-0.2, -0.15) is 5.10 Å². The van der Waals surface area contributed by atoms with E-state index < -0.39 is 7.60 Å². The van der Waals surface area contributed by atoms with E-state index in [1.54, 1.807) is 25.1 Å². The van der Waals surface area contributed by atoms with Gasteiger partial charge in [-0.05, 0) is 20.3 Å². The first kappa shape index (κ1) is 14.6. The minimum atomic E-state index is -2.89. The lowest BCUT2D eigenvalue weighted by Gasteiger charge is -2.15. The van der Waals surface area contributed by atoms with Crippen molar-refractivity contribution in [3.63, 3.8) is 0 Å². The molecule has 0 unspecified atom stereocenters. The van der Waals surface area contributed by atoms with Crippen LogP contribution in [0.2, 0.25) is 0 Å². The van der Waals surface area contributed by atoms with Crippen LogP contribution in [0.1, 0.15) is 20.3 Å². The van der Waals surface area contributed by atoms with Crippen molar-refractivity contribution in [1.29, 1.82) is 0 Å². The van der Waals surface area contributed by atoms with Crippen LogP contribution < -0.4 is 0 Å². The Kier molecular flexibility index (Phi) is 7.65. The second-order valence-electron chi connectivity index (χ2n) is 3.10. The van der Waals surface area contributed by atoms with Crippen molar-refractivity contribution in [2.75, 3.05) is 33.5 Å². The first-order valence-corrected chi connectivity index (χ1v) is 6.84. The number of hydrogen-bond donors (Lipinski definition) is 0. The molecule has 0 spiro atoms. The Morgan fingerprint density at radius 2 is 1.80 bits per heavy atom. The lowest BCUT2D eigenvalue weighted by atomic mass is 10.5. The molecule has 0 rings (SSSR count). The lowest BCUT2D eigenvalue weighted by Crippen LogP contribution is -2.04. The molecule has 6 heteroatoms. The van der Waals surface area contributed by atoms with Crippen LogP contribution in [0, 0.1) is 0 Å². The monoisotopic (exact) mass is 236 g/mol. The Morgan fingerprint density at radius 1 is 1.27 bits per heavy atom. The fourth-order valence-electron chi connectivity index (χ4n) is 0.997. The summed E-state index contributed by atoms with van der Waals surface area (Å²) >= 11 is 0. The third kappa shape index (κ3) is 7.54. The van der Waals surface area contributed by atoms with Crippen LogP contribution in [0.15, 0.2) is 5.10 Å². The van der Waals surface area contributed by atoms with Gasteiger partial charge in [0.2, 0.25) is 0 Å².